The maximum absolute atomic E-state index is 9.96. The molecule has 0 saturated heterocycles. The molecule has 1 aliphatic rings. The third-order valence-corrected chi connectivity index (χ3v) is 1.45. The van der Waals surface area contributed by atoms with Gasteiger partial charge in [-0.15, -0.1) is 0 Å². The monoisotopic (exact) mass is 122 g/mol. The first-order valence-corrected chi connectivity index (χ1v) is 3.24. The first-order chi connectivity index (χ1) is 4.43. The Labute approximate surface area is 55.1 Å². The summed E-state index contributed by atoms with van der Waals surface area (Å²) in [6.45, 7) is 0. The Kier molecular flexibility index (Phi) is 2.25. The highest BCUT2D eigenvalue weighted by Gasteiger charge is 1.96. The second kappa shape index (κ2) is 3.23. The molecular weight excluding hydrogens is 112 g/mol. The molecule has 1 aliphatic carbocycles. The van der Waals surface area contributed by atoms with Gasteiger partial charge in [0, 0.05) is 0 Å². The summed E-state index contributed by atoms with van der Waals surface area (Å²) in [6, 6.07) is 0. The van der Waals surface area contributed by atoms with Crippen molar-refractivity contribution in [2.75, 3.05) is 0 Å². The molecule has 0 fully saturated rings. The Balaban J connectivity index is 2.59. The third kappa shape index (κ3) is 1.84. The van der Waals surface area contributed by atoms with Crippen molar-refractivity contribution in [2.24, 2.45) is 0 Å². The highest BCUT2D eigenvalue weighted by molar-refractivity contribution is 5.67. The summed E-state index contributed by atoms with van der Waals surface area (Å²) in [4.78, 5) is 9.96. The Bertz CT molecular complexity index is 154. The molecule has 0 unspecified atom stereocenters. The second-order valence-electron chi connectivity index (χ2n) is 2.17. The predicted octanol–water partition coefficient (Wildman–Crippen LogP) is 1.85. The fraction of sp³-hybridized carbons (Fsp3) is 0.375. The number of allylic oxidation sites excluding steroid dienone is 4. The van der Waals surface area contributed by atoms with E-state index in [1.165, 1.54) is 6.42 Å². The first-order valence-electron chi connectivity index (χ1n) is 3.24. The summed E-state index contributed by atoms with van der Waals surface area (Å²) < 4.78 is 0. The van der Waals surface area contributed by atoms with Crippen LogP contribution in [0.3, 0.4) is 0 Å². The largest absolute Gasteiger partial charge is 0.299 e. The van der Waals surface area contributed by atoms with E-state index in [2.05, 4.69) is 6.08 Å². The van der Waals surface area contributed by atoms with Crippen LogP contribution in [0.2, 0.25) is 0 Å². The predicted molar refractivity (Wildman–Crippen MR) is 37.1 cm³/mol. The Morgan fingerprint density at radius 3 is 3.00 bits per heavy atom. The Morgan fingerprint density at radius 1 is 1.56 bits per heavy atom. The van der Waals surface area contributed by atoms with Crippen molar-refractivity contribution in [2.45, 2.75) is 19.3 Å². The van der Waals surface area contributed by atoms with Gasteiger partial charge in [0.2, 0.25) is 0 Å². The Hall–Kier alpha value is -0.850. The Morgan fingerprint density at radius 2 is 2.44 bits per heavy atom. The molecule has 9 heavy (non-hydrogen) atoms. The van der Waals surface area contributed by atoms with Crippen molar-refractivity contribution in [3.05, 3.63) is 23.8 Å². The van der Waals surface area contributed by atoms with E-state index in [-0.39, 0.29) is 0 Å². The van der Waals surface area contributed by atoms with Crippen molar-refractivity contribution < 1.29 is 4.79 Å². The molecule has 0 radical (unpaired) electrons. The lowest BCUT2D eigenvalue weighted by atomic mass is 10.0. The van der Waals surface area contributed by atoms with Crippen LogP contribution in [0.4, 0.5) is 0 Å². The maximum atomic E-state index is 9.96. The van der Waals surface area contributed by atoms with Crippen LogP contribution in [-0.2, 0) is 4.79 Å². The van der Waals surface area contributed by atoms with Crippen LogP contribution in [0.25, 0.3) is 0 Å². The van der Waals surface area contributed by atoms with Gasteiger partial charge in [0.05, 0.1) is 0 Å². The summed E-state index contributed by atoms with van der Waals surface area (Å²) in [5.41, 5.74) is 1.16. The number of hydrogen-bond donors (Lipinski definition) is 0. The number of carbonyl (C=O) groups excluding carboxylic acids is 1. The van der Waals surface area contributed by atoms with Gasteiger partial charge in [-0.25, -0.2) is 0 Å². The lowest BCUT2D eigenvalue weighted by Crippen LogP contribution is -1.85. The van der Waals surface area contributed by atoms with E-state index in [4.69, 9.17) is 0 Å². The molecule has 0 atom stereocenters. The van der Waals surface area contributed by atoms with E-state index in [1.54, 1.807) is 6.08 Å². The van der Waals surface area contributed by atoms with Crippen molar-refractivity contribution >= 4 is 6.29 Å². The second-order valence-corrected chi connectivity index (χ2v) is 2.17. The molecule has 0 aromatic carbocycles. The maximum Gasteiger partial charge on any atom is 0.143 e. The zero-order valence-corrected chi connectivity index (χ0v) is 5.34. The molecule has 0 aromatic heterocycles. The summed E-state index contributed by atoms with van der Waals surface area (Å²) >= 11 is 0. The molecule has 48 valence electrons. The van der Waals surface area contributed by atoms with Gasteiger partial charge >= 0.3 is 0 Å². The lowest BCUT2D eigenvalue weighted by molar-refractivity contribution is -0.104. The van der Waals surface area contributed by atoms with Gasteiger partial charge in [-0.3, -0.25) is 4.79 Å². The van der Waals surface area contributed by atoms with E-state index >= 15 is 0 Å². The molecule has 1 heteroatoms. The zero-order chi connectivity index (χ0) is 6.53. The molecule has 0 heterocycles. The fourth-order valence-electron chi connectivity index (χ4n) is 0.968. The van der Waals surface area contributed by atoms with Gasteiger partial charge in [-0.1, -0.05) is 12.2 Å². The molecular formula is C8H10O. The highest BCUT2D eigenvalue weighted by atomic mass is 16.1. The van der Waals surface area contributed by atoms with E-state index in [0.29, 0.717) is 0 Å². The minimum atomic E-state index is 0.852. The van der Waals surface area contributed by atoms with Crippen LogP contribution < -0.4 is 0 Å². The van der Waals surface area contributed by atoms with Gasteiger partial charge < -0.3 is 0 Å². The molecule has 0 bridgehead atoms. The first kappa shape index (κ1) is 6.27. The fourth-order valence-corrected chi connectivity index (χ4v) is 0.968. The minimum absolute atomic E-state index is 0.852. The van der Waals surface area contributed by atoms with Crippen molar-refractivity contribution in [3.63, 3.8) is 0 Å². The number of hydrogen-bond acceptors (Lipinski definition) is 1. The molecule has 0 spiro atoms. The summed E-state index contributed by atoms with van der Waals surface area (Å²) in [6.07, 6.45) is 10.0. The SMILES string of the molecule is O=C/C=C1/C=CCCC1. The van der Waals surface area contributed by atoms with Crippen LogP contribution in [0, 0.1) is 0 Å². The lowest BCUT2D eigenvalue weighted by Gasteiger charge is -2.03. The van der Waals surface area contributed by atoms with E-state index in [9.17, 15) is 4.79 Å². The topological polar surface area (TPSA) is 17.1 Å². The van der Waals surface area contributed by atoms with Crippen LogP contribution in [0.15, 0.2) is 23.8 Å². The molecule has 0 N–H and O–H groups in total. The average Bonchev–Trinajstić information content (AvgIpc) is 1.91. The smallest absolute Gasteiger partial charge is 0.143 e. The zero-order valence-electron chi connectivity index (χ0n) is 5.34. The van der Waals surface area contributed by atoms with Gasteiger partial charge in [0.1, 0.15) is 6.29 Å². The van der Waals surface area contributed by atoms with Crippen LogP contribution >= 0.6 is 0 Å². The number of rotatable bonds is 1. The standard InChI is InChI=1S/C8H10O/c9-7-6-8-4-2-1-3-5-8/h2,4,6-7H,1,3,5H2/b8-6-. The molecule has 0 aliphatic heterocycles. The minimum Gasteiger partial charge on any atom is -0.299 e. The molecule has 0 saturated carbocycles. The van der Waals surface area contributed by atoms with Gasteiger partial charge in [-0.2, -0.15) is 0 Å². The van der Waals surface area contributed by atoms with E-state index in [1.807, 2.05) is 6.08 Å². The average molecular weight is 122 g/mol. The molecule has 0 aromatic rings. The van der Waals surface area contributed by atoms with Crippen LogP contribution in [0.1, 0.15) is 19.3 Å². The van der Waals surface area contributed by atoms with Crippen molar-refractivity contribution in [1.29, 1.82) is 0 Å². The van der Waals surface area contributed by atoms with E-state index in [0.717, 1.165) is 24.7 Å². The third-order valence-electron chi connectivity index (χ3n) is 1.45. The summed E-state index contributed by atoms with van der Waals surface area (Å²) in [7, 11) is 0. The van der Waals surface area contributed by atoms with Crippen LogP contribution in [-0.4, -0.2) is 6.29 Å². The quantitative estimate of drug-likeness (QED) is 0.383. The molecule has 0 amide bonds. The summed E-state index contributed by atoms with van der Waals surface area (Å²) in [5, 5.41) is 0. The van der Waals surface area contributed by atoms with Crippen molar-refractivity contribution in [3.8, 4) is 0 Å². The highest BCUT2D eigenvalue weighted by Crippen LogP contribution is 2.14. The summed E-state index contributed by atoms with van der Waals surface area (Å²) in [5.74, 6) is 0. The normalized spacial score (nSPS) is 22.4. The van der Waals surface area contributed by atoms with Crippen molar-refractivity contribution in [1.82, 2.24) is 0 Å². The van der Waals surface area contributed by atoms with Gasteiger partial charge in [0.15, 0.2) is 0 Å². The number of aldehydes is 1. The number of carbonyl (C=O) groups is 1. The molecule has 1 rings (SSSR count). The van der Waals surface area contributed by atoms with Crippen LogP contribution in [0.5, 0.6) is 0 Å². The molecule has 1 nitrogen and oxygen atoms in total. The van der Waals surface area contributed by atoms with Gasteiger partial charge in [-0.05, 0) is 30.9 Å². The van der Waals surface area contributed by atoms with Gasteiger partial charge in [0.25, 0.3) is 0 Å². The van der Waals surface area contributed by atoms with E-state index < -0.39 is 0 Å².